The Labute approximate surface area is 165 Å². The van der Waals surface area contributed by atoms with Crippen LogP contribution < -0.4 is 10.9 Å². The number of nitrogens with one attached hydrogen (secondary N) is 1. The van der Waals surface area contributed by atoms with E-state index in [1.807, 2.05) is 45.9 Å². The van der Waals surface area contributed by atoms with E-state index in [0.29, 0.717) is 16.3 Å². The lowest BCUT2D eigenvalue weighted by atomic mass is 10.1. The number of rotatable bonds is 5. The summed E-state index contributed by atoms with van der Waals surface area (Å²) in [6, 6.07) is 5.69. The number of nitrogens with zero attached hydrogens (tertiary/aromatic N) is 2. The molecule has 3 rings (SSSR count). The van der Waals surface area contributed by atoms with Crippen molar-refractivity contribution in [2.24, 2.45) is 0 Å². The van der Waals surface area contributed by atoms with Crippen LogP contribution in [-0.2, 0) is 11.3 Å². The predicted molar refractivity (Wildman–Crippen MR) is 109 cm³/mol. The zero-order chi connectivity index (χ0) is 20.6. The van der Waals surface area contributed by atoms with Crippen molar-refractivity contribution in [3.63, 3.8) is 0 Å². The highest BCUT2D eigenvalue weighted by atomic mass is 32.1. The largest absolute Gasteiger partial charge is 0.478 e. The van der Waals surface area contributed by atoms with Crippen LogP contribution >= 0.6 is 11.3 Å². The standard InChI is InChI=1S/C20H21N3O4S/c1-10(2)17-22-18-16(14(9-28-18)20(26)27)19(25)23(17)8-15(24)21-13-6-11(3)5-12(4)7-13/h5-7,9-10H,8H2,1-4H3,(H,21,24)(H,26,27). The van der Waals surface area contributed by atoms with Gasteiger partial charge in [0, 0.05) is 17.0 Å². The van der Waals surface area contributed by atoms with E-state index in [9.17, 15) is 19.5 Å². The second-order valence-corrected chi connectivity index (χ2v) is 7.93. The summed E-state index contributed by atoms with van der Waals surface area (Å²) in [7, 11) is 0. The van der Waals surface area contributed by atoms with Gasteiger partial charge in [0.15, 0.2) is 0 Å². The van der Waals surface area contributed by atoms with Gasteiger partial charge in [0.25, 0.3) is 5.56 Å². The van der Waals surface area contributed by atoms with Crippen molar-refractivity contribution >= 4 is 39.1 Å². The van der Waals surface area contributed by atoms with Crippen molar-refractivity contribution in [3.8, 4) is 0 Å². The normalized spacial score (nSPS) is 11.2. The molecule has 0 aliphatic carbocycles. The van der Waals surface area contributed by atoms with E-state index in [0.717, 1.165) is 22.5 Å². The Morgan fingerprint density at radius 2 is 1.86 bits per heavy atom. The van der Waals surface area contributed by atoms with Crippen molar-refractivity contribution in [2.45, 2.75) is 40.2 Å². The monoisotopic (exact) mass is 399 g/mol. The Morgan fingerprint density at radius 1 is 1.21 bits per heavy atom. The van der Waals surface area contributed by atoms with E-state index >= 15 is 0 Å². The molecule has 0 atom stereocenters. The van der Waals surface area contributed by atoms with Crippen LogP contribution in [0.4, 0.5) is 5.69 Å². The van der Waals surface area contributed by atoms with E-state index in [1.165, 1.54) is 9.95 Å². The summed E-state index contributed by atoms with van der Waals surface area (Å²) in [6.45, 7) is 7.38. The molecule has 8 heteroatoms. The van der Waals surface area contributed by atoms with Gasteiger partial charge in [-0.05, 0) is 37.1 Å². The SMILES string of the molecule is Cc1cc(C)cc(NC(=O)Cn2c(C(C)C)nc3scc(C(=O)O)c3c2=O)c1. The number of hydrogen-bond acceptors (Lipinski definition) is 5. The molecule has 0 saturated carbocycles. The maximum Gasteiger partial charge on any atom is 0.337 e. The molecular weight excluding hydrogens is 378 g/mol. The van der Waals surface area contributed by atoms with Crippen molar-refractivity contribution in [2.75, 3.05) is 5.32 Å². The summed E-state index contributed by atoms with van der Waals surface area (Å²) in [6.07, 6.45) is 0. The number of carbonyl (C=O) groups is 2. The molecule has 0 fully saturated rings. The lowest BCUT2D eigenvalue weighted by Crippen LogP contribution is -2.32. The molecule has 28 heavy (non-hydrogen) atoms. The van der Waals surface area contributed by atoms with Crippen LogP contribution in [0.15, 0.2) is 28.4 Å². The minimum atomic E-state index is -1.19. The fourth-order valence-corrected chi connectivity index (χ4v) is 4.09. The van der Waals surface area contributed by atoms with Crippen LogP contribution in [0, 0.1) is 13.8 Å². The first-order chi connectivity index (χ1) is 13.2. The van der Waals surface area contributed by atoms with Gasteiger partial charge in [0.1, 0.15) is 17.2 Å². The zero-order valence-corrected chi connectivity index (χ0v) is 16.9. The highest BCUT2D eigenvalue weighted by molar-refractivity contribution is 7.17. The number of carboxylic acid groups (broad SMARTS) is 1. The quantitative estimate of drug-likeness (QED) is 0.683. The molecule has 0 saturated heterocycles. The maximum absolute atomic E-state index is 13.0. The molecule has 2 aromatic heterocycles. The first-order valence-electron chi connectivity index (χ1n) is 8.80. The van der Waals surface area contributed by atoms with Gasteiger partial charge in [-0.3, -0.25) is 14.2 Å². The number of aromatic nitrogens is 2. The molecular formula is C20H21N3O4S. The number of benzene rings is 1. The van der Waals surface area contributed by atoms with Gasteiger partial charge < -0.3 is 10.4 Å². The molecule has 0 aliphatic heterocycles. The van der Waals surface area contributed by atoms with Crippen molar-refractivity contribution < 1.29 is 14.7 Å². The van der Waals surface area contributed by atoms with E-state index in [4.69, 9.17) is 0 Å². The van der Waals surface area contributed by atoms with Crippen LogP contribution in [0.25, 0.3) is 10.2 Å². The number of anilines is 1. The molecule has 0 bridgehead atoms. The lowest BCUT2D eigenvalue weighted by molar-refractivity contribution is -0.116. The zero-order valence-electron chi connectivity index (χ0n) is 16.1. The van der Waals surface area contributed by atoms with E-state index in [-0.39, 0.29) is 29.3 Å². The van der Waals surface area contributed by atoms with Crippen molar-refractivity contribution in [3.05, 3.63) is 56.4 Å². The predicted octanol–water partition coefficient (Wildman–Crippen LogP) is 3.54. The summed E-state index contributed by atoms with van der Waals surface area (Å²) >= 11 is 1.12. The molecule has 146 valence electrons. The van der Waals surface area contributed by atoms with Crippen LogP contribution in [-0.4, -0.2) is 26.5 Å². The highest BCUT2D eigenvalue weighted by Gasteiger charge is 2.22. The van der Waals surface area contributed by atoms with Gasteiger partial charge >= 0.3 is 5.97 Å². The first-order valence-corrected chi connectivity index (χ1v) is 9.68. The molecule has 2 heterocycles. The number of carboxylic acids is 1. The number of thiophene rings is 1. The second kappa shape index (κ2) is 7.55. The van der Waals surface area contributed by atoms with E-state index in [1.54, 1.807) is 0 Å². The minimum Gasteiger partial charge on any atom is -0.478 e. The number of aryl methyl sites for hydroxylation is 2. The third-order valence-corrected chi connectivity index (χ3v) is 5.15. The first kappa shape index (κ1) is 19.8. The molecule has 0 unspecified atom stereocenters. The number of fused-ring (bicyclic) bond motifs is 1. The molecule has 0 spiro atoms. The van der Waals surface area contributed by atoms with Gasteiger partial charge in [-0.25, -0.2) is 9.78 Å². The fourth-order valence-electron chi connectivity index (χ4n) is 3.18. The third kappa shape index (κ3) is 3.82. The Morgan fingerprint density at radius 3 is 2.43 bits per heavy atom. The number of aromatic carboxylic acids is 1. The summed E-state index contributed by atoms with van der Waals surface area (Å²) in [5.74, 6) is -1.22. The van der Waals surface area contributed by atoms with E-state index < -0.39 is 11.5 Å². The second-order valence-electron chi connectivity index (χ2n) is 7.08. The summed E-state index contributed by atoms with van der Waals surface area (Å²) < 4.78 is 1.27. The van der Waals surface area contributed by atoms with Crippen LogP contribution in [0.3, 0.4) is 0 Å². The summed E-state index contributed by atoms with van der Waals surface area (Å²) in [5.41, 5.74) is 2.09. The average molecular weight is 399 g/mol. The van der Waals surface area contributed by atoms with Gasteiger partial charge in [-0.2, -0.15) is 0 Å². The molecule has 2 N–H and O–H groups in total. The van der Waals surface area contributed by atoms with Gasteiger partial charge in [0.05, 0.1) is 10.9 Å². The average Bonchev–Trinajstić information content (AvgIpc) is 3.00. The Hall–Kier alpha value is -3.00. The molecule has 1 aromatic carbocycles. The Balaban J connectivity index is 2.03. The fraction of sp³-hybridized carbons (Fsp3) is 0.300. The minimum absolute atomic E-state index is 0.0427. The smallest absolute Gasteiger partial charge is 0.337 e. The Kier molecular flexibility index (Phi) is 5.33. The molecule has 1 amide bonds. The van der Waals surface area contributed by atoms with Crippen LogP contribution in [0.1, 0.15) is 47.1 Å². The van der Waals surface area contributed by atoms with Gasteiger partial charge in [-0.1, -0.05) is 19.9 Å². The van der Waals surface area contributed by atoms with Crippen molar-refractivity contribution in [1.82, 2.24) is 9.55 Å². The lowest BCUT2D eigenvalue weighted by Gasteiger charge is -2.15. The summed E-state index contributed by atoms with van der Waals surface area (Å²) in [5, 5.41) is 13.6. The van der Waals surface area contributed by atoms with E-state index in [2.05, 4.69) is 10.3 Å². The van der Waals surface area contributed by atoms with Crippen LogP contribution in [0.2, 0.25) is 0 Å². The van der Waals surface area contributed by atoms with Gasteiger partial charge in [-0.15, -0.1) is 11.3 Å². The van der Waals surface area contributed by atoms with Gasteiger partial charge in [0.2, 0.25) is 5.91 Å². The molecule has 0 radical (unpaired) electrons. The maximum atomic E-state index is 13.0. The number of hydrogen-bond donors (Lipinski definition) is 2. The Bertz CT molecular complexity index is 1120. The third-order valence-electron chi connectivity index (χ3n) is 4.28. The number of carbonyl (C=O) groups excluding carboxylic acids is 1. The molecule has 3 aromatic rings. The number of amides is 1. The highest BCUT2D eigenvalue weighted by Crippen LogP contribution is 2.24. The van der Waals surface area contributed by atoms with Crippen molar-refractivity contribution in [1.29, 1.82) is 0 Å². The topological polar surface area (TPSA) is 101 Å². The van der Waals surface area contributed by atoms with Crippen LogP contribution in [0.5, 0.6) is 0 Å². The molecule has 7 nitrogen and oxygen atoms in total. The molecule has 0 aliphatic rings. The summed E-state index contributed by atoms with van der Waals surface area (Å²) in [4.78, 5) is 41.9.